The van der Waals surface area contributed by atoms with Gasteiger partial charge in [0.1, 0.15) is 0 Å². The Labute approximate surface area is 160 Å². The second kappa shape index (κ2) is 7.03. The molecule has 3 N–H and O–H groups in total. The van der Waals surface area contributed by atoms with Gasteiger partial charge in [-0.2, -0.15) is 0 Å². The molecule has 3 rings (SSSR count). The molecule has 1 heterocycles. The lowest BCUT2D eigenvalue weighted by Gasteiger charge is -2.18. The molecule has 1 atom stereocenters. The molecular weight excluding hydrogens is 334 g/mol. The van der Waals surface area contributed by atoms with Crippen molar-refractivity contribution in [3.8, 4) is 0 Å². The molecule has 3 aromatic rings. The second-order valence-corrected chi connectivity index (χ2v) is 8.17. The third kappa shape index (κ3) is 4.11. The Morgan fingerprint density at radius 3 is 2.48 bits per heavy atom. The molecule has 4 heteroatoms. The zero-order valence-corrected chi connectivity index (χ0v) is 16.6. The number of nitrogens with two attached hydrogens (primary N) is 1. The number of amides is 1. The number of aromatic nitrogens is 1. The number of anilines is 1. The van der Waals surface area contributed by atoms with Crippen LogP contribution < -0.4 is 11.1 Å². The number of aryl methyl sites for hydroxylation is 1. The van der Waals surface area contributed by atoms with Gasteiger partial charge < -0.3 is 11.1 Å². The first-order chi connectivity index (χ1) is 12.6. The monoisotopic (exact) mass is 361 g/mol. The van der Waals surface area contributed by atoms with Gasteiger partial charge in [-0.25, -0.2) is 0 Å². The molecule has 0 saturated carbocycles. The van der Waals surface area contributed by atoms with Crippen molar-refractivity contribution in [2.24, 2.45) is 0 Å². The van der Waals surface area contributed by atoms with E-state index < -0.39 is 0 Å². The molecule has 0 aliphatic rings. The minimum atomic E-state index is -0.103. The molecule has 0 spiro atoms. The molecule has 140 valence electrons. The lowest BCUT2D eigenvalue weighted by atomic mass is 9.91. The molecule has 0 bridgehead atoms. The molecular formula is C23H27N3O. The molecule has 27 heavy (non-hydrogen) atoms. The second-order valence-electron chi connectivity index (χ2n) is 8.17. The van der Waals surface area contributed by atoms with Crippen molar-refractivity contribution in [3.05, 3.63) is 70.9 Å². The standard InChI is InChI=1S/C23H27N3O/c1-14-12-16(6-9-19(14)24)15(2)25-22(27)18-7-10-20-17(13-18)8-11-21(26-20)23(3,4)5/h6-13,15H,24H2,1-5H3,(H,25,27)/t15-/m1/s1. The van der Waals surface area contributed by atoms with E-state index in [1.54, 1.807) is 0 Å². The lowest BCUT2D eigenvalue weighted by molar-refractivity contribution is 0.0940. The molecule has 1 amide bonds. The quantitative estimate of drug-likeness (QED) is 0.651. The highest BCUT2D eigenvalue weighted by Crippen LogP contribution is 2.24. The maximum Gasteiger partial charge on any atom is 0.251 e. The van der Waals surface area contributed by atoms with Gasteiger partial charge in [0, 0.05) is 27.7 Å². The topological polar surface area (TPSA) is 68.0 Å². The van der Waals surface area contributed by atoms with Gasteiger partial charge in [-0.05, 0) is 55.3 Å². The number of rotatable bonds is 3. The van der Waals surface area contributed by atoms with Crippen LogP contribution in [0.4, 0.5) is 5.69 Å². The highest BCUT2D eigenvalue weighted by molar-refractivity contribution is 5.98. The van der Waals surface area contributed by atoms with E-state index >= 15 is 0 Å². The third-order valence-electron chi connectivity index (χ3n) is 4.86. The van der Waals surface area contributed by atoms with Crippen molar-refractivity contribution in [2.45, 2.75) is 46.1 Å². The molecule has 0 unspecified atom stereocenters. The molecule has 4 nitrogen and oxygen atoms in total. The summed E-state index contributed by atoms with van der Waals surface area (Å²) in [5.41, 5.74) is 11.3. The SMILES string of the molecule is Cc1cc([C@@H](C)NC(=O)c2ccc3nc(C(C)(C)C)ccc3c2)ccc1N. The maximum atomic E-state index is 12.7. The smallest absolute Gasteiger partial charge is 0.251 e. The Balaban J connectivity index is 1.81. The van der Waals surface area contributed by atoms with Gasteiger partial charge in [-0.3, -0.25) is 9.78 Å². The number of nitrogen functional groups attached to an aromatic ring is 1. The number of hydrogen-bond acceptors (Lipinski definition) is 3. The molecule has 0 radical (unpaired) electrons. The number of hydrogen-bond donors (Lipinski definition) is 2. The van der Waals surface area contributed by atoms with E-state index in [0.717, 1.165) is 33.4 Å². The highest BCUT2D eigenvalue weighted by Gasteiger charge is 2.17. The van der Waals surface area contributed by atoms with Crippen LogP contribution >= 0.6 is 0 Å². The van der Waals surface area contributed by atoms with Crippen molar-refractivity contribution in [3.63, 3.8) is 0 Å². The lowest BCUT2D eigenvalue weighted by Crippen LogP contribution is -2.26. The molecule has 0 aliphatic heterocycles. The number of pyridine rings is 1. The number of carbonyl (C=O) groups excluding carboxylic acids is 1. The van der Waals surface area contributed by atoms with Gasteiger partial charge in [0.25, 0.3) is 5.91 Å². The van der Waals surface area contributed by atoms with Gasteiger partial charge in [-0.15, -0.1) is 0 Å². The van der Waals surface area contributed by atoms with Gasteiger partial charge in [-0.1, -0.05) is 39.0 Å². The van der Waals surface area contributed by atoms with Crippen molar-refractivity contribution in [2.75, 3.05) is 5.73 Å². The summed E-state index contributed by atoms with van der Waals surface area (Å²) in [5.74, 6) is -0.0984. The summed E-state index contributed by atoms with van der Waals surface area (Å²) < 4.78 is 0. The van der Waals surface area contributed by atoms with Crippen LogP contribution in [0.15, 0.2) is 48.5 Å². The fourth-order valence-corrected chi connectivity index (χ4v) is 3.02. The summed E-state index contributed by atoms with van der Waals surface area (Å²) >= 11 is 0. The summed E-state index contributed by atoms with van der Waals surface area (Å²) in [5, 5.41) is 4.02. The number of nitrogens with one attached hydrogen (secondary N) is 1. The fourth-order valence-electron chi connectivity index (χ4n) is 3.02. The Morgan fingerprint density at radius 1 is 1.07 bits per heavy atom. The zero-order valence-electron chi connectivity index (χ0n) is 16.6. The Kier molecular flexibility index (Phi) is 4.92. The molecule has 1 aromatic heterocycles. The number of fused-ring (bicyclic) bond motifs is 1. The number of carbonyl (C=O) groups is 1. The minimum absolute atomic E-state index is 0.00310. The highest BCUT2D eigenvalue weighted by atomic mass is 16.1. The summed E-state index contributed by atoms with van der Waals surface area (Å²) in [6.45, 7) is 10.4. The summed E-state index contributed by atoms with van der Waals surface area (Å²) in [6, 6.07) is 15.4. The first-order valence-corrected chi connectivity index (χ1v) is 9.23. The van der Waals surface area contributed by atoms with Crippen molar-refractivity contribution >= 4 is 22.5 Å². The van der Waals surface area contributed by atoms with Gasteiger partial charge in [0.15, 0.2) is 0 Å². The number of benzene rings is 2. The van der Waals surface area contributed by atoms with Gasteiger partial charge in [0.05, 0.1) is 11.6 Å². The summed E-state index contributed by atoms with van der Waals surface area (Å²) in [7, 11) is 0. The predicted molar refractivity (Wildman–Crippen MR) is 112 cm³/mol. The van der Waals surface area contributed by atoms with E-state index in [1.807, 2.05) is 62.4 Å². The minimum Gasteiger partial charge on any atom is -0.399 e. The van der Waals surface area contributed by atoms with Crippen molar-refractivity contribution in [1.82, 2.24) is 10.3 Å². The normalized spacial score (nSPS) is 12.8. The first kappa shape index (κ1) is 18.9. The van der Waals surface area contributed by atoms with E-state index in [9.17, 15) is 4.79 Å². The summed E-state index contributed by atoms with van der Waals surface area (Å²) in [6.07, 6.45) is 0. The fraction of sp³-hybridized carbons (Fsp3) is 0.304. The average Bonchev–Trinajstić information content (AvgIpc) is 2.62. The largest absolute Gasteiger partial charge is 0.399 e. The van der Waals surface area contributed by atoms with Crippen LogP contribution in [-0.2, 0) is 5.41 Å². The van der Waals surface area contributed by atoms with Gasteiger partial charge >= 0.3 is 0 Å². The molecule has 0 saturated heterocycles. The maximum absolute atomic E-state index is 12.7. The van der Waals surface area contributed by atoms with Crippen molar-refractivity contribution in [1.29, 1.82) is 0 Å². The van der Waals surface area contributed by atoms with E-state index in [4.69, 9.17) is 10.7 Å². The predicted octanol–water partition coefficient (Wildman–Crippen LogP) is 4.91. The van der Waals surface area contributed by atoms with Gasteiger partial charge in [0.2, 0.25) is 0 Å². The van der Waals surface area contributed by atoms with E-state index in [1.165, 1.54) is 0 Å². The van der Waals surface area contributed by atoms with Crippen LogP contribution in [0.3, 0.4) is 0 Å². The zero-order chi connectivity index (χ0) is 19.8. The Hall–Kier alpha value is -2.88. The summed E-state index contributed by atoms with van der Waals surface area (Å²) in [4.78, 5) is 17.4. The Morgan fingerprint density at radius 2 is 1.81 bits per heavy atom. The van der Waals surface area contributed by atoms with E-state index in [2.05, 4.69) is 26.1 Å². The molecule has 2 aromatic carbocycles. The van der Waals surface area contributed by atoms with Crippen LogP contribution in [0.5, 0.6) is 0 Å². The average molecular weight is 361 g/mol. The third-order valence-corrected chi connectivity index (χ3v) is 4.86. The molecule has 0 aliphatic carbocycles. The molecule has 0 fully saturated rings. The number of nitrogens with zero attached hydrogens (tertiary/aromatic N) is 1. The van der Waals surface area contributed by atoms with Crippen LogP contribution in [0.2, 0.25) is 0 Å². The Bertz CT molecular complexity index is 1000. The van der Waals surface area contributed by atoms with Crippen LogP contribution in [-0.4, -0.2) is 10.9 Å². The van der Waals surface area contributed by atoms with E-state index in [-0.39, 0.29) is 17.4 Å². The first-order valence-electron chi connectivity index (χ1n) is 9.23. The van der Waals surface area contributed by atoms with E-state index in [0.29, 0.717) is 5.56 Å². The van der Waals surface area contributed by atoms with Crippen LogP contribution in [0.1, 0.15) is 60.9 Å². The van der Waals surface area contributed by atoms with Crippen LogP contribution in [0, 0.1) is 6.92 Å². The van der Waals surface area contributed by atoms with Crippen LogP contribution in [0.25, 0.3) is 10.9 Å². The van der Waals surface area contributed by atoms with Crippen molar-refractivity contribution < 1.29 is 4.79 Å².